The van der Waals surface area contributed by atoms with Crippen molar-refractivity contribution >= 4 is 74.6 Å². The average molecular weight is 779 g/mol. The first-order chi connectivity index (χ1) is 26.4. The van der Waals surface area contributed by atoms with Crippen molar-refractivity contribution in [3.63, 3.8) is 0 Å². The number of hydrogen-bond acceptors (Lipinski definition) is 8. The lowest BCUT2D eigenvalue weighted by molar-refractivity contribution is 0.256. The van der Waals surface area contributed by atoms with E-state index in [-0.39, 0.29) is 17.5 Å². The molecule has 55 heavy (non-hydrogen) atoms. The molecule has 4 aromatic carbocycles. The predicted molar refractivity (Wildman–Crippen MR) is 211 cm³/mol. The molecule has 0 aliphatic rings. The number of halogens is 4. The summed E-state index contributed by atoms with van der Waals surface area (Å²) < 4.78 is 30.6. The van der Waals surface area contributed by atoms with Crippen molar-refractivity contribution in [1.29, 1.82) is 0 Å². The second-order valence-corrected chi connectivity index (χ2v) is 13.4. The fraction of sp³-hybridized carbons (Fsp3) is 0.103. The molecule has 16 heteroatoms. The Morgan fingerprint density at radius 1 is 0.691 bits per heavy atom. The van der Waals surface area contributed by atoms with Gasteiger partial charge in [-0.05, 0) is 110 Å². The van der Waals surface area contributed by atoms with Gasteiger partial charge in [0.1, 0.15) is 11.6 Å². The molecule has 3 N–H and O–H groups in total. The van der Waals surface area contributed by atoms with Gasteiger partial charge in [0.05, 0.1) is 18.3 Å². The first kappa shape index (κ1) is 36.8. The number of rotatable bonds is 6. The molecule has 0 bridgehead atoms. The van der Waals surface area contributed by atoms with Crippen LogP contribution < -0.4 is 16.0 Å². The highest BCUT2D eigenvalue weighted by Crippen LogP contribution is 2.33. The van der Waals surface area contributed by atoms with Crippen molar-refractivity contribution in [2.75, 3.05) is 10.2 Å². The number of fused-ring (bicyclic) bond motifs is 2. The molecular formula is C39H31Cl2F2N11O. The molecule has 0 aliphatic heterocycles. The van der Waals surface area contributed by atoms with Gasteiger partial charge in [0, 0.05) is 41.0 Å². The van der Waals surface area contributed by atoms with Gasteiger partial charge >= 0.3 is 6.03 Å². The van der Waals surface area contributed by atoms with E-state index in [1.54, 1.807) is 79.7 Å². The van der Waals surface area contributed by atoms with Crippen LogP contribution in [0.4, 0.5) is 36.6 Å². The van der Waals surface area contributed by atoms with Crippen molar-refractivity contribution < 1.29 is 13.6 Å². The van der Waals surface area contributed by atoms with Crippen molar-refractivity contribution in [2.24, 2.45) is 19.8 Å². The van der Waals surface area contributed by atoms with Crippen LogP contribution in [-0.4, -0.2) is 45.1 Å². The number of primary amides is 1. The van der Waals surface area contributed by atoms with Crippen LogP contribution in [0.25, 0.3) is 45.1 Å². The molecule has 4 aromatic heterocycles. The standard InChI is InChI=1S/C20H16ClFN6O.C19H15ClFN5/c1-11-9-13(22)5-8-15(11)17-25-18-16(24-10-27(18)2)19(26-17)28(20(23)29)14-6-3-12(21)4-7-14;1-11-9-13(21)5-8-15(11)17-24-18(16-19(25-17)26(2)10-22-16)23-14-6-3-12(20)4-7-14/h3-10H,1-2H3,(H2,23,29);3-10H,1-2H3,(H,23,24,25). The van der Waals surface area contributed by atoms with Crippen LogP contribution in [0.2, 0.25) is 10.0 Å². The Kier molecular flexibility index (Phi) is 10.1. The summed E-state index contributed by atoms with van der Waals surface area (Å²) in [6.45, 7) is 3.60. The number of carbonyl (C=O) groups excluding carboxylic acids is 1. The summed E-state index contributed by atoms with van der Waals surface area (Å²) >= 11 is 11.9. The van der Waals surface area contributed by atoms with Crippen LogP contribution in [0, 0.1) is 25.5 Å². The Labute approximate surface area is 323 Å². The number of aromatic nitrogens is 8. The van der Waals surface area contributed by atoms with E-state index in [1.165, 1.54) is 29.2 Å². The summed E-state index contributed by atoms with van der Waals surface area (Å²) in [4.78, 5) is 40.8. The fourth-order valence-corrected chi connectivity index (χ4v) is 6.10. The van der Waals surface area contributed by atoms with Crippen molar-refractivity contribution in [3.05, 3.63) is 130 Å². The smallest absolute Gasteiger partial charge is 0.325 e. The predicted octanol–water partition coefficient (Wildman–Crippen LogP) is 9.22. The van der Waals surface area contributed by atoms with Crippen molar-refractivity contribution in [1.82, 2.24) is 39.0 Å². The van der Waals surface area contributed by atoms with E-state index in [4.69, 9.17) is 28.9 Å². The third-order valence-electron chi connectivity index (χ3n) is 8.58. The number of nitrogens with one attached hydrogen (secondary N) is 1. The van der Waals surface area contributed by atoms with Gasteiger partial charge < -0.3 is 20.2 Å². The van der Waals surface area contributed by atoms with E-state index in [1.807, 2.05) is 30.7 Å². The maximum atomic E-state index is 13.6. The topological polar surface area (TPSA) is 146 Å². The molecular weight excluding hydrogens is 747 g/mol. The number of anilines is 4. The van der Waals surface area contributed by atoms with E-state index < -0.39 is 6.03 Å². The number of hydrogen-bond donors (Lipinski definition) is 2. The van der Waals surface area contributed by atoms with E-state index in [0.717, 1.165) is 16.8 Å². The van der Waals surface area contributed by atoms with Gasteiger partial charge in [-0.15, -0.1) is 0 Å². The zero-order valence-corrected chi connectivity index (χ0v) is 31.3. The Hall–Kier alpha value is -6.51. The zero-order chi connectivity index (χ0) is 39.0. The number of imidazole rings is 2. The van der Waals surface area contributed by atoms with Crippen molar-refractivity contribution in [2.45, 2.75) is 13.8 Å². The van der Waals surface area contributed by atoms with Crippen LogP contribution in [0.5, 0.6) is 0 Å². The van der Waals surface area contributed by atoms with Gasteiger partial charge in [0.25, 0.3) is 0 Å². The second kappa shape index (κ2) is 15.1. The van der Waals surface area contributed by atoms with Crippen LogP contribution in [0.15, 0.2) is 97.6 Å². The summed E-state index contributed by atoms with van der Waals surface area (Å²) in [5, 5.41) is 4.45. The number of aryl methyl sites for hydroxylation is 4. The minimum Gasteiger partial charge on any atom is -0.351 e. The molecule has 8 rings (SSSR count). The normalized spacial score (nSPS) is 11.1. The maximum Gasteiger partial charge on any atom is 0.325 e. The minimum absolute atomic E-state index is 0.226. The highest BCUT2D eigenvalue weighted by Gasteiger charge is 2.24. The molecule has 0 radical (unpaired) electrons. The van der Waals surface area contributed by atoms with E-state index in [2.05, 4.69) is 35.2 Å². The number of benzene rings is 4. The average Bonchev–Trinajstić information content (AvgIpc) is 3.72. The molecule has 0 aliphatic carbocycles. The molecule has 0 saturated carbocycles. The highest BCUT2D eigenvalue weighted by molar-refractivity contribution is 6.31. The maximum absolute atomic E-state index is 13.6. The molecule has 4 heterocycles. The number of nitrogens with zero attached hydrogens (tertiary/aromatic N) is 9. The minimum atomic E-state index is -0.736. The molecule has 0 atom stereocenters. The summed E-state index contributed by atoms with van der Waals surface area (Å²) in [6, 6.07) is 22.1. The molecule has 2 amide bonds. The zero-order valence-electron chi connectivity index (χ0n) is 29.8. The third kappa shape index (κ3) is 7.63. The van der Waals surface area contributed by atoms with E-state index in [9.17, 15) is 13.6 Å². The number of urea groups is 1. The lowest BCUT2D eigenvalue weighted by Gasteiger charge is -2.20. The van der Waals surface area contributed by atoms with Gasteiger partial charge in [-0.1, -0.05) is 23.2 Å². The van der Waals surface area contributed by atoms with Gasteiger partial charge in [0.15, 0.2) is 45.6 Å². The summed E-state index contributed by atoms with van der Waals surface area (Å²) in [7, 11) is 3.65. The van der Waals surface area contributed by atoms with E-state index >= 15 is 0 Å². The Balaban J connectivity index is 0.000000170. The van der Waals surface area contributed by atoms with Crippen molar-refractivity contribution in [3.8, 4) is 22.8 Å². The van der Waals surface area contributed by atoms with Gasteiger partial charge in [-0.2, -0.15) is 0 Å². The molecule has 0 fully saturated rings. The van der Waals surface area contributed by atoms with E-state index in [0.29, 0.717) is 66.7 Å². The van der Waals surface area contributed by atoms with Gasteiger partial charge in [-0.3, -0.25) is 0 Å². The van der Waals surface area contributed by atoms with Gasteiger partial charge in [-0.25, -0.2) is 48.4 Å². The monoisotopic (exact) mass is 777 g/mol. The second-order valence-electron chi connectivity index (χ2n) is 12.5. The lowest BCUT2D eigenvalue weighted by Crippen LogP contribution is -2.32. The molecule has 0 unspecified atom stereocenters. The summed E-state index contributed by atoms with van der Waals surface area (Å²) in [6.07, 6.45) is 3.26. The highest BCUT2D eigenvalue weighted by atomic mass is 35.5. The number of nitrogens with two attached hydrogens (primary N) is 1. The van der Waals surface area contributed by atoms with Gasteiger partial charge in [0.2, 0.25) is 0 Å². The summed E-state index contributed by atoms with van der Waals surface area (Å²) in [5.41, 5.74) is 12.1. The molecule has 12 nitrogen and oxygen atoms in total. The Morgan fingerprint density at radius 2 is 1.18 bits per heavy atom. The quantitative estimate of drug-likeness (QED) is 0.170. The number of carbonyl (C=O) groups is 1. The Bertz CT molecular complexity index is 2720. The first-order valence-corrected chi connectivity index (χ1v) is 17.4. The van der Waals surface area contributed by atoms with Crippen LogP contribution in [0.3, 0.4) is 0 Å². The third-order valence-corrected chi connectivity index (χ3v) is 9.09. The molecule has 276 valence electrons. The molecule has 0 saturated heterocycles. The molecule has 0 spiro atoms. The lowest BCUT2D eigenvalue weighted by atomic mass is 10.1. The van der Waals surface area contributed by atoms with Crippen LogP contribution in [0.1, 0.15) is 11.1 Å². The SMILES string of the molecule is Cc1cc(F)ccc1-c1nc(N(C(N)=O)c2ccc(Cl)cc2)c2ncn(C)c2n1.Cc1cc(F)ccc1-c1nc(Nc2ccc(Cl)cc2)c2ncn(C)c2n1. The van der Waals surface area contributed by atoms with Crippen LogP contribution in [-0.2, 0) is 14.1 Å². The largest absolute Gasteiger partial charge is 0.351 e. The van der Waals surface area contributed by atoms with Crippen LogP contribution >= 0.6 is 23.2 Å². The fourth-order valence-electron chi connectivity index (χ4n) is 5.85. The number of amides is 2. The first-order valence-electron chi connectivity index (χ1n) is 16.6. The molecule has 8 aromatic rings. The summed E-state index contributed by atoms with van der Waals surface area (Å²) in [5.74, 6) is 1.00. The Morgan fingerprint density at radius 3 is 1.71 bits per heavy atom.